The van der Waals surface area contributed by atoms with Crippen molar-refractivity contribution in [2.75, 3.05) is 0 Å². The Bertz CT molecular complexity index is 612. The van der Waals surface area contributed by atoms with Gasteiger partial charge in [-0.25, -0.2) is 4.79 Å². The van der Waals surface area contributed by atoms with Gasteiger partial charge in [0.05, 0.1) is 12.0 Å². The molecule has 5 nitrogen and oxygen atoms in total. The summed E-state index contributed by atoms with van der Waals surface area (Å²) >= 11 is 0. The lowest BCUT2D eigenvalue weighted by atomic mass is 9.88. The molecule has 1 fully saturated rings. The van der Waals surface area contributed by atoms with Crippen LogP contribution in [0.5, 0.6) is 0 Å². The topological polar surface area (TPSA) is 67.6 Å². The minimum Gasteiger partial charge on any atom is -0.426 e. The van der Waals surface area contributed by atoms with E-state index in [1.54, 1.807) is 0 Å². The van der Waals surface area contributed by atoms with Gasteiger partial charge in [0.25, 0.3) is 5.91 Å². The van der Waals surface area contributed by atoms with E-state index < -0.39 is 5.63 Å². The number of carbonyl (C=O) groups excluding carboxylic acids is 2. The molecule has 1 aliphatic carbocycles. The molecule has 0 N–H and O–H groups in total. The van der Waals surface area contributed by atoms with Crippen LogP contribution in [0.4, 0.5) is 0 Å². The molecule has 1 saturated carbocycles. The Morgan fingerprint density at radius 2 is 2.05 bits per heavy atom. The van der Waals surface area contributed by atoms with Gasteiger partial charge in [0.15, 0.2) is 0 Å². The molecule has 0 aromatic carbocycles. The Morgan fingerprint density at radius 3 is 2.63 bits per heavy atom. The normalized spacial score (nSPS) is 19.3. The van der Waals surface area contributed by atoms with E-state index in [0.717, 1.165) is 19.3 Å². The first-order valence-corrected chi connectivity index (χ1v) is 6.64. The Hall–Kier alpha value is -1.91. The molecule has 1 aromatic heterocycles. The van der Waals surface area contributed by atoms with Gasteiger partial charge in [-0.15, -0.1) is 0 Å². The third-order valence-corrected chi connectivity index (χ3v) is 3.95. The zero-order valence-corrected chi connectivity index (χ0v) is 10.8. The van der Waals surface area contributed by atoms with E-state index >= 15 is 0 Å². The number of rotatable bonds is 2. The fraction of sp³-hybridized carbons (Fsp3) is 0.500. The maximum absolute atomic E-state index is 12.5. The van der Waals surface area contributed by atoms with Gasteiger partial charge in [-0.05, 0) is 31.2 Å². The SMILES string of the molecule is CCc1cc(=O)oc2c1C(=O)N(C1CCC1)C(=O)C2. The van der Waals surface area contributed by atoms with Gasteiger partial charge in [0.1, 0.15) is 5.76 Å². The molecule has 2 heterocycles. The van der Waals surface area contributed by atoms with Gasteiger partial charge in [0.2, 0.25) is 5.91 Å². The number of carbonyl (C=O) groups is 2. The maximum atomic E-state index is 12.5. The molecule has 0 bridgehead atoms. The average molecular weight is 261 g/mol. The predicted octanol–water partition coefficient (Wildman–Crippen LogP) is 1.28. The molecule has 2 aliphatic rings. The highest BCUT2D eigenvalue weighted by Crippen LogP contribution is 2.31. The van der Waals surface area contributed by atoms with Crippen LogP contribution in [0.1, 0.15) is 47.9 Å². The van der Waals surface area contributed by atoms with Gasteiger partial charge >= 0.3 is 5.63 Å². The molecule has 5 heteroatoms. The Kier molecular flexibility index (Phi) is 2.77. The molecule has 0 atom stereocenters. The Labute approximate surface area is 110 Å². The van der Waals surface area contributed by atoms with Crippen LogP contribution in [0.25, 0.3) is 0 Å². The minimum atomic E-state index is -0.492. The summed E-state index contributed by atoms with van der Waals surface area (Å²) in [5.74, 6) is -0.315. The van der Waals surface area contributed by atoms with Crippen molar-refractivity contribution in [2.45, 2.75) is 45.1 Å². The molecule has 1 aliphatic heterocycles. The number of imide groups is 1. The maximum Gasteiger partial charge on any atom is 0.336 e. The van der Waals surface area contributed by atoms with E-state index in [1.165, 1.54) is 11.0 Å². The molecule has 0 spiro atoms. The first-order valence-electron chi connectivity index (χ1n) is 6.64. The van der Waals surface area contributed by atoms with Crippen molar-refractivity contribution in [3.05, 3.63) is 33.4 Å². The van der Waals surface area contributed by atoms with Crippen LogP contribution in [-0.4, -0.2) is 22.8 Å². The zero-order valence-electron chi connectivity index (χ0n) is 10.8. The second-order valence-electron chi connectivity index (χ2n) is 5.07. The van der Waals surface area contributed by atoms with Crippen LogP contribution < -0.4 is 5.63 Å². The molecule has 100 valence electrons. The van der Waals surface area contributed by atoms with Crippen LogP contribution in [-0.2, 0) is 17.6 Å². The van der Waals surface area contributed by atoms with Crippen LogP contribution in [0.3, 0.4) is 0 Å². The van der Waals surface area contributed by atoms with Gasteiger partial charge in [-0.1, -0.05) is 6.92 Å². The molecule has 0 saturated heterocycles. The van der Waals surface area contributed by atoms with E-state index in [0.29, 0.717) is 17.5 Å². The van der Waals surface area contributed by atoms with Crippen molar-refractivity contribution >= 4 is 11.8 Å². The van der Waals surface area contributed by atoms with Crippen LogP contribution in [0, 0.1) is 0 Å². The van der Waals surface area contributed by atoms with E-state index in [4.69, 9.17) is 4.42 Å². The molecule has 1 aromatic rings. The summed E-state index contributed by atoms with van der Waals surface area (Å²) in [6, 6.07) is 1.38. The second kappa shape index (κ2) is 4.33. The van der Waals surface area contributed by atoms with Crippen molar-refractivity contribution < 1.29 is 14.0 Å². The molecule has 3 rings (SSSR count). The van der Waals surface area contributed by atoms with Crippen molar-refractivity contribution in [3.8, 4) is 0 Å². The molecule has 19 heavy (non-hydrogen) atoms. The zero-order chi connectivity index (χ0) is 13.6. The fourth-order valence-electron chi connectivity index (χ4n) is 2.73. The highest BCUT2D eigenvalue weighted by molar-refractivity contribution is 6.10. The molecular weight excluding hydrogens is 246 g/mol. The Balaban J connectivity index is 2.10. The fourth-order valence-corrected chi connectivity index (χ4v) is 2.73. The van der Waals surface area contributed by atoms with Crippen molar-refractivity contribution in [3.63, 3.8) is 0 Å². The van der Waals surface area contributed by atoms with Crippen LogP contribution >= 0.6 is 0 Å². The van der Waals surface area contributed by atoms with Gasteiger partial charge < -0.3 is 4.42 Å². The van der Waals surface area contributed by atoms with E-state index in [9.17, 15) is 14.4 Å². The summed E-state index contributed by atoms with van der Waals surface area (Å²) in [6.45, 7) is 1.88. The number of hydrogen-bond acceptors (Lipinski definition) is 4. The van der Waals surface area contributed by atoms with Crippen LogP contribution in [0.2, 0.25) is 0 Å². The summed E-state index contributed by atoms with van der Waals surface area (Å²) in [5.41, 5.74) is 0.606. The van der Waals surface area contributed by atoms with E-state index in [2.05, 4.69) is 0 Å². The highest BCUT2D eigenvalue weighted by Gasteiger charge is 2.40. The number of amides is 2. The Morgan fingerprint density at radius 1 is 1.32 bits per heavy atom. The van der Waals surface area contributed by atoms with Crippen molar-refractivity contribution in [2.24, 2.45) is 0 Å². The lowest BCUT2D eigenvalue weighted by Crippen LogP contribution is -2.51. The monoisotopic (exact) mass is 261 g/mol. The largest absolute Gasteiger partial charge is 0.426 e. The second-order valence-corrected chi connectivity index (χ2v) is 5.07. The number of fused-ring (bicyclic) bond motifs is 1. The highest BCUT2D eigenvalue weighted by atomic mass is 16.4. The third kappa shape index (κ3) is 1.80. The number of aryl methyl sites for hydroxylation is 1. The lowest BCUT2D eigenvalue weighted by Gasteiger charge is -2.38. The van der Waals surface area contributed by atoms with Gasteiger partial charge in [-0.2, -0.15) is 0 Å². The lowest BCUT2D eigenvalue weighted by molar-refractivity contribution is -0.132. The predicted molar refractivity (Wildman–Crippen MR) is 66.9 cm³/mol. The van der Waals surface area contributed by atoms with Crippen molar-refractivity contribution in [1.29, 1.82) is 0 Å². The number of nitrogens with zero attached hydrogens (tertiary/aromatic N) is 1. The summed E-state index contributed by atoms with van der Waals surface area (Å²) in [6.07, 6.45) is 3.40. The van der Waals surface area contributed by atoms with Gasteiger partial charge in [0, 0.05) is 12.1 Å². The molecular formula is C14H15NO4. The van der Waals surface area contributed by atoms with Crippen molar-refractivity contribution in [1.82, 2.24) is 4.90 Å². The minimum absolute atomic E-state index is 0.0145. The summed E-state index contributed by atoms with van der Waals surface area (Å²) in [4.78, 5) is 37.3. The van der Waals surface area contributed by atoms with E-state index in [-0.39, 0.29) is 30.0 Å². The first kappa shape index (κ1) is 12.1. The molecule has 2 amide bonds. The summed E-state index contributed by atoms with van der Waals surface area (Å²) < 4.78 is 5.04. The summed E-state index contributed by atoms with van der Waals surface area (Å²) in [5, 5.41) is 0. The van der Waals surface area contributed by atoms with Crippen LogP contribution in [0.15, 0.2) is 15.3 Å². The standard InChI is InChI=1S/C14H15NO4/c1-2-8-6-12(17)19-10-7-11(16)15(9-4-3-5-9)14(18)13(8)10/h6,9H,2-5,7H2,1H3. The third-order valence-electron chi connectivity index (χ3n) is 3.95. The first-order chi connectivity index (χ1) is 9.11. The molecule has 0 radical (unpaired) electrons. The smallest absolute Gasteiger partial charge is 0.336 e. The number of hydrogen-bond donors (Lipinski definition) is 0. The molecule has 0 unspecified atom stereocenters. The average Bonchev–Trinajstić information content (AvgIpc) is 2.30. The quantitative estimate of drug-likeness (QED) is 0.752. The van der Waals surface area contributed by atoms with E-state index in [1.807, 2.05) is 6.92 Å². The summed E-state index contributed by atoms with van der Waals surface area (Å²) in [7, 11) is 0. The van der Waals surface area contributed by atoms with Gasteiger partial charge in [-0.3, -0.25) is 14.5 Å².